The summed E-state index contributed by atoms with van der Waals surface area (Å²) in [6.07, 6.45) is 5.93. The number of fused-ring (bicyclic) bond motifs is 1. The second kappa shape index (κ2) is 12.0. The molecular formula is C30H33N3O2. The lowest BCUT2D eigenvalue weighted by molar-refractivity contribution is -0.116. The Bertz CT molecular complexity index is 1290. The van der Waals surface area contributed by atoms with Gasteiger partial charge in [-0.25, -0.2) is 4.98 Å². The molecule has 0 saturated carbocycles. The van der Waals surface area contributed by atoms with Crippen LogP contribution in [0, 0.1) is 13.8 Å². The topological polar surface area (TPSA) is 56.1 Å². The maximum Gasteiger partial charge on any atom is 0.243 e. The Morgan fingerprint density at radius 2 is 1.80 bits per heavy atom. The lowest BCUT2D eigenvalue weighted by Crippen LogP contribution is -2.22. The van der Waals surface area contributed by atoms with Crippen LogP contribution in [0.15, 0.2) is 78.9 Å². The van der Waals surface area contributed by atoms with Crippen LogP contribution in [0.2, 0.25) is 0 Å². The number of hydrogen-bond donors (Lipinski definition) is 1. The zero-order chi connectivity index (χ0) is 24.5. The van der Waals surface area contributed by atoms with Crippen molar-refractivity contribution in [2.24, 2.45) is 0 Å². The van der Waals surface area contributed by atoms with E-state index in [1.165, 1.54) is 11.1 Å². The molecule has 35 heavy (non-hydrogen) atoms. The third kappa shape index (κ3) is 6.82. The minimum absolute atomic E-state index is 0.0779. The molecule has 1 N–H and O–H groups in total. The second-order valence-electron chi connectivity index (χ2n) is 8.78. The fraction of sp³-hybridized carbons (Fsp3) is 0.267. The molecule has 0 aliphatic carbocycles. The van der Waals surface area contributed by atoms with Gasteiger partial charge in [0, 0.05) is 25.6 Å². The van der Waals surface area contributed by atoms with Gasteiger partial charge >= 0.3 is 0 Å². The first-order chi connectivity index (χ1) is 17.1. The molecule has 1 heterocycles. The highest BCUT2D eigenvalue weighted by Crippen LogP contribution is 2.20. The van der Waals surface area contributed by atoms with Crippen LogP contribution < -0.4 is 10.1 Å². The maximum absolute atomic E-state index is 12.1. The van der Waals surface area contributed by atoms with Gasteiger partial charge in [-0.05, 0) is 62.1 Å². The van der Waals surface area contributed by atoms with Crippen molar-refractivity contribution in [3.63, 3.8) is 0 Å². The lowest BCUT2D eigenvalue weighted by atomic mass is 10.1. The molecule has 5 nitrogen and oxygen atoms in total. The van der Waals surface area contributed by atoms with Crippen molar-refractivity contribution >= 4 is 23.0 Å². The van der Waals surface area contributed by atoms with E-state index in [0.717, 1.165) is 54.0 Å². The Morgan fingerprint density at radius 3 is 2.63 bits per heavy atom. The summed E-state index contributed by atoms with van der Waals surface area (Å²) in [4.78, 5) is 17.0. The molecule has 1 amide bonds. The van der Waals surface area contributed by atoms with Gasteiger partial charge in [0.25, 0.3) is 0 Å². The molecule has 0 saturated heterocycles. The van der Waals surface area contributed by atoms with Gasteiger partial charge in [0.15, 0.2) is 0 Å². The Hall–Kier alpha value is -3.86. The van der Waals surface area contributed by atoms with Crippen molar-refractivity contribution in [3.05, 3.63) is 101 Å². The largest absolute Gasteiger partial charge is 0.493 e. The summed E-state index contributed by atoms with van der Waals surface area (Å²) in [6.45, 7) is 6.28. The highest BCUT2D eigenvalue weighted by atomic mass is 16.5. The number of ether oxygens (including phenoxy) is 1. The highest BCUT2D eigenvalue weighted by molar-refractivity contribution is 5.91. The van der Waals surface area contributed by atoms with Crippen molar-refractivity contribution in [2.45, 2.75) is 39.7 Å². The standard InChI is InChI=1S/C30H33N3O2/c1-23-15-17-28(24(2)22-23)35-21-9-20-33-27-13-7-6-12-26(27)32-29(33)14-8-19-31-30(34)18-16-25-10-4-3-5-11-25/h3-7,10-13,15-18,22H,8-9,14,19-21H2,1-2H3,(H,31,34)/b18-16+. The smallest absolute Gasteiger partial charge is 0.243 e. The number of para-hydroxylation sites is 2. The first kappa shape index (κ1) is 24.3. The van der Waals surface area contributed by atoms with Crippen LogP contribution in [0.25, 0.3) is 17.1 Å². The van der Waals surface area contributed by atoms with E-state index >= 15 is 0 Å². The van der Waals surface area contributed by atoms with Crippen LogP contribution >= 0.6 is 0 Å². The predicted molar refractivity (Wildman–Crippen MR) is 143 cm³/mol. The monoisotopic (exact) mass is 467 g/mol. The van der Waals surface area contributed by atoms with Crippen molar-refractivity contribution < 1.29 is 9.53 Å². The summed E-state index contributed by atoms with van der Waals surface area (Å²) in [7, 11) is 0. The van der Waals surface area contributed by atoms with Gasteiger partial charge in [-0.2, -0.15) is 0 Å². The van der Waals surface area contributed by atoms with Gasteiger partial charge in [-0.1, -0.05) is 60.2 Å². The van der Waals surface area contributed by atoms with Gasteiger partial charge in [0.1, 0.15) is 11.6 Å². The van der Waals surface area contributed by atoms with E-state index in [1.807, 2.05) is 48.5 Å². The SMILES string of the molecule is Cc1ccc(OCCCn2c(CCCNC(=O)/C=C/c3ccccc3)nc3ccccc32)c(C)c1. The molecular weight excluding hydrogens is 434 g/mol. The quantitative estimate of drug-likeness (QED) is 0.221. The van der Waals surface area contributed by atoms with Gasteiger partial charge in [0.05, 0.1) is 17.6 Å². The van der Waals surface area contributed by atoms with Crippen LogP contribution in [-0.2, 0) is 17.8 Å². The average Bonchev–Trinajstić information content (AvgIpc) is 3.22. The van der Waals surface area contributed by atoms with E-state index in [2.05, 4.69) is 54.1 Å². The van der Waals surface area contributed by atoms with E-state index in [0.29, 0.717) is 13.2 Å². The molecule has 0 unspecified atom stereocenters. The number of hydrogen-bond acceptors (Lipinski definition) is 3. The third-order valence-corrected chi connectivity index (χ3v) is 5.95. The molecule has 180 valence electrons. The zero-order valence-electron chi connectivity index (χ0n) is 20.5. The number of rotatable bonds is 11. The predicted octanol–water partition coefficient (Wildman–Crippen LogP) is 5.88. The molecule has 4 rings (SSSR count). The van der Waals surface area contributed by atoms with E-state index < -0.39 is 0 Å². The summed E-state index contributed by atoms with van der Waals surface area (Å²) >= 11 is 0. The second-order valence-corrected chi connectivity index (χ2v) is 8.78. The van der Waals surface area contributed by atoms with Crippen molar-refractivity contribution in [1.29, 1.82) is 0 Å². The first-order valence-electron chi connectivity index (χ1n) is 12.3. The Balaban J connectivity index is 1.29. The lowest BCUT2D eigenvalue weighted by Gasteiger charge is -2.12. The van der Waals surface area contributed by atoms with Crippen LogP contribution in [0.1, 0.15) is 35.4 Å². The molecule has 1 aromatic heterocycles. The Kier molecular flexibility index (Phi) is 8.34. The summed E-state index contributed by atoms with van der Waals surface area (Å²) in [5.41, 5.74) is 5.57. The molecule has 0 spiro atoms. The Labute approximate surface area is 207 Å². The number of amides is 1. The van der Waals surface area contributed by atoms with Crippen LogP contribution in [0.3, 0.4) is 0 Å². The van der Waals surface area contributed by atoms with Crippen molar-refractivity contribution in [3.8, 4) is 5.75 Å². The molecule has 3 aromatic carbocycles. The summed E-state index contributed by atoms with van der Waals surface area (Å²) in [5.74, 6) is 1.92. The highest BCUT2D eigenvalue weighted by Gasteiger charge is 2.10. The van der Waals surface area contributed by atoms with Crippen LogP contribution in [0.4, 0.5) is 0 Å². The van der Waals surface area contributed by atoms with Gasteiger partial charge < -0.3 is 14.6 Å². The molecule has 5 heteroatoms. The van der Waals surface area contributed by atoms with E-state index in [1.54, 1.807) is 6.08 Å². The number of aryl methyl sites for hydroxylation is 4. The number of carbonyl (C=O) groups excluding carboxylic acids is 1. The number of imidazole rings is 1. The minimum Gasteiger partial charge on any atom is -0.493 e. The van der Waals surface area contributed by atoms with E-state index in [4.69, 9.17) is 9.72 Å². The van der Waals surface area contributed by atoms with Gasteiger partial charge in [0.2, 0.25) is 5.91 Å². The normalized spacial score (nSPS) is 11.3. The molecule has 0 bridgehead atoms. The fourth-order valence-electron chi connectivity index (χ4n) is 4.18. The minimum atomic E-state index is -0.0779. The molecule has 0 atom stereocenters. The van der Waals surface area contributed by atoms with Crippen LogP contribution in [0.5, 0.6) is 5.75 Å². The van der Waals surface area contributed by atoms with Crippen molar-refractivity contribution in [2.75, 3.05) is 13.2 Å². The number of benzene rings is 3. The number of nitrogens with one attached hydrogen (secondary N) is 1. The van der Waals surface area contributed by atoms with Gasteiger partial charge in [-0.15, -0.1) is 0 Å². The van der Waals surface area contributed by atoms with Crippen molar-refractivity contribution in [1.82, 2.24) is 14.9 Å². The maximum atomic E-state index is 12.1. The zero-order valence-corrected chi connectivity index (χ0v) is 20.5. The number of nitrogens with zero attached hydrogens (tertiary/aromatic N) is 2. The number of aromatic nitrogens is 2. The third-order valence-electron chi connectivity index (χ3n) is 5.95. The summed E-state index contributed by atoms with van der Waals surface area (Å²) in [6, 6.07) is 24.3. The fourth-order valence-corrected chi connectivity index (χ4v) is 4.18. The molecule has 4 aromatic rings. The molecule has 0 radical (unpaired) electrons. The number of carbonyl (C=O) groups is 1. The molecule has 0 fully saturated rings. The van der Waals surface area contributed by atoms with E-state index in [9.17, 15) is 4.79 Å². The summed E-state index contributed by atoms with van der Waals surface area (Å²) in [5, 5.41) is 2.97. The van der Waals surface area contributed by atoms with E-state index in [-0.39, 0.29) is 5.91 Å². The first-order valence-corrected chi connectivity index (χ1v) is 12.3. The van der Waals surface area contributed by atoms with Crippen LogP contribution in [-0.4, -0.2) is 28.6 Å². The molecule has 0 aliphatic rings. The van der Waals surface area contributed by atoms with Gasteiger partial charge in [-0.3, -0.25) is 4.79 Å². The Morgan fingerprint density at radius 1 is 1.00 bits per heavy atom. The summed E-state index contributed by atoms with van der Waals surface area (Å²) < 4.78 is 8.32. The average molecular weight is 468 g/mol. The molecule has 0 aliphatic heterocycles.